The minimum absolute atomic E-state index is 0.0699. The molecule has 0 amide bonds. The van der Waals surface area contributed by atoms with Crippen molar-refractivity contribution in [2.75, 3.05) is 7.11 Å². The lowest BCUT2D eigenvalue weighted by Crippen LogP contribution is -2.07. The summed E-state index contributed by atoms with van der Waals surface area (Å²) in [6.07, 6.45) is 12.0. The molecule has 0 bridgehead atoms. The standard InChI is InChI=1S/C32H41NO4/c1-4-5-6-7-8-9-10-14-24(2)32(35)31-27-15-11-12-16-28(27)33-29(31)17-13-18-30(34)37-23-25-19-21-26(36-3)22-20-25/h11-12,14-16,19-22,33H,4-10,13,17-18,23H2,1-3H3/b24-14+. The third-order valence-electron chi connectivity index (χ3n) is 6.74. The van der Waals surface area contributed by atoms with Gasteiger partial charge in [0.05, 0.1) is 12.7 Å². The lowest BCUT2D eigenvalue weighted by Gasteiger charge is -2.07. The van der Waals surface area contributed by atoms with E-state index in [2.05, 4.69) is 18.0 Å². The molecule has 2 aromatic carbocycles. The normalized spacial score (nSPS) is 11.6. The van der Waals surface area contributed by atoms with E-state index < -0.39 is 0 Å². The Balaban J connectivity index is 1.56. The lowest BCUT2D eigenvalue weighted by molar-refractivity contribution is -0.145. The van der Waals surface area contributed by atoms with Crippen LogP contribution >= 0.6 is 0 Å². The molecule has 0 atom stereocenters. The Bertz CT molecular complexity index is 1170. The first-order valence-electron chi connectivity index (χ1n) is 13.6. The number of carbonyl (C=O) groups is 2. The fraction of sp³-hybridized carbons (Fsp3) is 0.438. The number of aromatic amines is 1. The number of H-pyrrole nitrogens is 1. The number of methoxy groups -OCH3 is 1. The molecule has 37 heavy (non-hydrogen) atoms. The van der Waals surface area contributed by atoms with E-state index in [1.165, 1.54) is 32.1 Å². The molecule has 3 rings (SSSR count). The van der Waals surface area contributed by atoms with Gasteiger partial charge in [0.2, 0.25) is 0 Å². The van der Waals surface area contributed by atoms with Crippen LogP contribution in [0.25, 0.3) is 10.9 Å². The average Bonchev–Trinajstić information content (AvgIpc) is 3.29. The van der Waals surface area contributed by atoms with Crippen molar-refractivity contribution < 1.29 is 19.1 Å². The number of nitrogens with one attached hydrogen (secondary N) is 1. The van der Waals surface area contributed by atoms with E-state index in [0.717, 1.165) is 51.9 Å². The second-order valence-corrected chi connectivity index (χ2v) is 9.66. The van der Waals surface area contributed by atoms with Crippen LogP contribution in [-0.2, 0) is 22.6 Å². The van der Waals surface area contributed by atoms with Crippen LogP contribution in [0.2, 0.25) is 0 Å². The molecule has 0 saturated carbocycles. The summed E-state index contributed by atoms with van der Waals surface area (Å²) >= 11 is 0. The molecule has 0 aliphatic carbocycles. The monoisotopic (exact) mass is 503 g/mol. The number of para-hydroxylation sites is 1. The topological polar surface area (TPSA) is 68.4 Å². The van der Waals surface area contributed by atoms with Crippen LogP contribution in [0.15, 0.2) is 60.2 Å². The van der Waals surface area contributed by atoms with Crippen LogP contribution in [0.5, 0.6) is 5.75 Å². The number of unbranched alkanes of at least 4 members (excludes halogenated alkanes) is 6. The number of allylic oxidation sites excluding steroid dienone is 2. The number of aryl methyl sites for hydroxylation is 1. The van der Waals surface area contributed by atoms with Crippen LogP contribution in [-0.4, -0.2) is 23.8 Å². The number of benzene rings is 2. The summed E-state index contributed by atoms with van der Waals surface area (Å²) in [5.41, 5.74) is 4.28. The molecule has 1 heterocycles. The predicted molar refractivity (Wildman–Crippen MR) is 150 cm³/mol. The number of hydrogen-bond donors (Lipinski definition) is 1. The molecule has 5 heteroatoms. The van der Waals surface area contributed by atoms with Gasteiger partial charge in [0.1, 0.15) is 12.4 Å². The van der Waals surface area contributed by atoms with Crippen molar-refractivity contribution >= 4 is 22.7 Å². The molecule has 198 valence electrons. The highest BCUT2D eigenvalue weighted by atomic mass is 16.5. The summed E-state index contributed by atoms with van der Waals surface area (Å²) in [6, 6.07) is 15.4. The Morgan fingerprint density at radius 3 is 2.41 bits per heavy atom. The Labute approximate surface area is 221 Å². The number of ketones is 1. The van der Waals surface area contributed by atoms with Crippen molar-refractivity contribution in [2.24, 2.45) is 0 Å². The van der Waals surface area contributed by atoms with Gasteiger partial charge in [-0.1, -0.05) is 75.4 Å². The summed E-state index contributed by atoms with van der Waals surface area (Å²) in [5.74, 6) is 0.599. The van der Waals surface area contributed by atoms with Crippen LogP contribution in [0.4, 0.5) is 0 Å². The molecular weight excluding hydrogens is 462 g/mol. The molecule has 0 radical (unpaired) electrons. The number of hydrogen-bond acceptors (Lipinski definition) is 4. The highest BCUT2D eigenvalue weighted by Crippen LogP contribution is 2.27. The largest absolute Gasteiger partial charge is 0.497 e. The molecular formula is C32H41NO4. The molecule has 0 aliphatic heterocycles. The Kier molecular flexibility index (Phi) is 11.5. The van der Waals surface area contributed by atoms with E-state index in [1.807, 2.05) is 55.5 Å². The Hall–Kier alpha value is -3.34. The van der Waals surface area contributed by atoms with Gasteiger partial charge in [-0.05, 0) is 61.9 Å². The summed E-state index contributed by atoms with van der Waals surface area (Å²) < 4.78 is 10.6. The van der Waals surface area contributed by atoms with Gasteiger partial charge < -0.3 is 14.5 Å². The average molecular weight is 504 g/mol. The molecule has 0 fully saturated rings. The van der Waals surface area contributed by atoms with Crippen molar-refractivity contribution in [1.82, 2.24) is 4.98 Å². The third-order valence-corrected chi connectivity index (χ3v) is 6.74. The van der Waals surface area contributed by atoms with Gasteiger partial charge in [-0.15, -0.1) is 0 Å². The van der Waals surface area contributed by atoms with Gasteiger partial charge in [-0.25, -0.2) is 0 Å². The minimum atomic E-state index is -0.241. The summed E-state index contributed by atoms with van der Waals surface area (Å²) in [6.45, 7) is 4.38. The smallest absolute Gasteiger partial charge is 0.306 e. The number of ether oxygens (including phenoxy) is 2. The van der Waals surface area contributed by atoms with Gasteiger partial charge in [0.15, 0.2) is 5.78 Å². The molecule has 0 aliphatic rings. The van der Waals surface area contributed by atoms with E-state index in [9.17, 15) is 9.59 Å². The molecule has 0 unspecified atom stereocenters. The SMILES string of the molecule is CCCCCCCC/C=C(\C)C(=O)c1c(CCCC(=O)OCc2ccc(OC)cc2)[nH]c2ccccc12. The summed E-state index contributed by atoms with van der Waals surface area (Å²) in [5, 5.41) is 0.942. The zero-order valence-corrected chi connectivity index (χ0v) is 22.6. The molecule has 1 aromatic heterocycles. The Morgan fingerprint density at radius 1 is 0.919 bits per heavy atom. The van der Waals surface area contributed by atoms with E-state index in [0.29, 0.717) is 19.3 Å². The van der Waals surface area contributed by atoms with E-state index in [4.69, 9.17) is 9.47 Å². The summed E-state index contributed by atoms with van der Waals surface area (Å²) in [4.78, 5) is 29.2. The maximum atomic E-state index is 13.5. The van der Waals surface area contributed by atoms with Gasteiger partial charge >= 0.3 is 5.97 Å². The van der Waals surface area contributed by atoms with E-state index >= 15 is 0 Å². The number of Topliss-reactive ketones (excluding diaryl/α,β-unsaturated/α-hetero) is 1. The molecule has 5 nitrogen and oxygen atoms in total. The fourth-order valence-corrected chi connectivity index (χ4v) is 4.54. The maximum absolute atomic E-state index is 13.5. The van der Waals surface area contributed by atoms with Crippen molar-refractivity contribution in [1.29, 1.82) is 0 Å². The first-order valence-corrected chi connectivity index (χ1v) is 13.6. The third kappa shape index (κ3) is 8.63. The number of fused-ring (bicyclic) bond motifs is 1. The summed E-state index contributed by atoms with van der Waals surface area (Å²) in [7, 11) is 1.62. The van der Waals surface area contributed by atoms with Gasteiger partial charge in [0.25, 0.3) is 0 Å². The number of carbonyl (C=O) groups excluding carboxylic acids is 2. The van der Waals surface area contributed by atoms with E-state index in [-0.39, 0.29) is 18.4 Å². The van der Waals surface area contributed by atoms with Crippen LogP contribution in [0, 0.1) is 0 Å². The quantitative estimate of drug-likeness (QED) is 0.0927. The van der Waals surface area contributed by atoms with Crippen molar-refractivity contribution in [3.63, 3.8) is 0 Å². The van der Waals surface area contributed by atoms with Crippen LogP contribution in [0.1, 0.15) is 93.3 Å². The van der Waals surface area contributed by atoms with Crippen molar-refractivity contribution in [3.05, 3.63) is 77.0 Å². The molecule has 3 aromatic rings. The maximum Gasteiger partial charge on any atom is 0.306 e. The number of aromatic nitrogens is 1. The predicted octanol–water partition coefficient (Wildman–Crippen LogP) is 8.12. The second-order valence-electron chi connectivity index (χ2n) is 9.66. The van der Waals surface area contributed by atoms with Crippen LogP contribution < -0.4 is 4.74 Å². The van der Waals surface area contributed by atoms with Gasteiger partial charge in [-0.2, -0.15) is 0 Å². The first-order chi connectivity index (χ1) is 18.0. The number of esters is 1. The highest BCUT2D eigenvalue weighted by Gasteiger charge is 2.19. The number of rotatable bonds is 16. The molecule has 0 spiro atoms. The van der Waals surface area contributed by atoms with Crippen molar-refractivity contribution in [3.8, 4) is 5.75 Å². The van der Waals surface area contributed by atoms with E-state index in [1.54, 1.807) is 7.11 Å². The molecule has 0 saturated heterocycles. The second kappa shape index (κ2) is 15.0. The first kappa shape index (κ1) is 28.2. The van der Waals surface area contributed by atoms with Crippen LogP contribution in [0.3, 0.4) is 0 Å². The van der Waals surface area contributed by atoms with Gasteiger partial charge in [0, 0.05) is 23.0 Å². The lowest BCUT2D eigenvalue weighted by atomic mass is 9.97. The Morgan fingerprint density at radius 2 is 1.65 bits per heavy atom. The van der Waals surface area contributed by atoms with Gasteiger partial charge in [-0.3, -0.25) is 9.59 Å². The fourth-order valence-electron chi connectivity index (χ4n) is 4.54. The van der Waals surface area contributed by atoms with Crippen molar-refractivity contribution in [2.45, 2.75) is 84.7 Å². The minimum Gasteiger partial charge on any atom is -0.497 e. The zero-order valence-electron chi connectivity index (χ0n) is 22.6. The molecule has 1 N–H and O–H groups in total. The zero-order chi connectivity index (χ0) is 26.5. The highest BCUT2D eigenvalue weighted by molar-refractivity contribution is 6.17.